The van der Waals surface area contributed by atoms with E-state index in [0.29, 0.717) is 24.5 Å². The van der Waals surface area contributed by atoms with Crippen molar-refractivity contribution in [3.8, 4) is 0 Å². The van der Waals surface area contributed by atoms with Crippen molar-refractivity contribution in [3.63, 3.8) is 0 Å². The molecule has 2 heterocycles. The molecule has 0 amide bonds. The summed E-state index contributed by atoms with van der Waals surface area (Å²) >= 11 is 0. The number of hydrogen-bond acceptors (Lipinski definition) is 5. The molecular weight excluding hydrogens is 295 g/mol. The average Bonchev–Trinajstić information content (AvgIpc) is 2.47. The molecule has 1 aliphatic rings. The highest BCUT2D eigenvalue weighted by Gasteiger charge is 2.29. The Morgan fingerprint density at radius 1 is 1.19 bits per heavy atom. The fourth-order valence-electron chi connectivity index (χ4n) is 2.32. The summed E-state index contributed by atoms with van der Waals surface area (Å²) in [6.45, 7) is 0.437. The van der Waals surface area contributed by atoms with Gasteiger partial charge in [-0.05, 0) is 30.7 Å². The van der Waals surface area contributed by atoms with Gasteiger partial charge in [0.25, 0.3) is 0 Å². The van der Waals surface area contributed by atoms with Crippen LogP contribution in [0.1, 0.15) is 11.3 Å². The van der Waals surface area contributed by atoms with E-state index < -0.39 is 15.8 Å². The minimum absolute atomic E-state index is 0.0642. The first-order chi connectivity index (χ1) is 9.98. The second kappa shape index (κ2) is 5.05. The molecule has 6 nitrogen and oxygen atoms in total. The largest absolute Gasteiger partial charge is 0.383 e. The van der Waals surface area contributed by atoms with Crippen LogP contribution in [0.2, 0.25) is 0 Å². The number of fused-ring (bicyclic) bond motifs is 1. The topological polar surface area (TPSA) is 89.2 Å². The first kappa shape index (κ1) is 13.9. The maximum Gasteiger partial charge on any atom is 0.243 e. The van der Waals surface area contributed by atoms with Crippen molar-refractivity contribution >= 4 is 15.8 Å². The van der Waals surface area contributed by atoms with Crippen LogP contribution in [-0.4, -0.2) is 29.2 Å². The molecule has 21 heavy (non-hydrogen) atoms. The van der Waals surface area contributed by atoms with Crippen LogP contribution in [-0.2, 0) is 23.0 Å². The molecule has 0 spiro atoms. The molecule has 1 aromatic carbocycles. The van der Waals surface area contributed by atoms with Crippen molar-refractivity contribution in [1.82, 2.24) is 14.3 Å². The number of rotatable bonds is 2. The number of nitrogens with zero attached hydrogens (tertiary/aromatic N) is 3. The SMILES string of the molecule is Nc1ncnc2c1CCN(S(=O)(=O)c1ccc(F)cc1)C2. The van der Waals surface area contributed by atoms with Gasteiger partial charge in [-0.2, -0.15) is 4.31 Å². The summed E-state index contributed by atoms with van der Waals surface area (Å²) in [4.78, 5) is 8.06. The van der Waals surface area contributed by atoms with Crippen LogP contribution in [0.25, 0.3) is 0 Å². The Morgan fingerprint density at radius 3 is 2.62 bits per heavy atom. The quantitative estimate of drug-likeness (QED) is 0.892. The third kappa shape index (κ3) is 2.47. The molecule has 1 aliphatic heterocycles. The molecular formula is C13H13FN4O2S. The van der Waals surface area contributed by atoms with Gasteiger partial charge in [-0.15, -0.1) is 0 Å². The molecule has 3 rings (SSSR count). The lowest BCUT2D eigenvalue weighted by atomic mass is 10.1. The molecule has 0 fully saturated rings. The zero-order valence-corrected chi connectivity index (χ0v) is 11.8. The lowest BCUT2D eigenvalue weighted by Gasteiger charge is -2.27. The van der Waals surface area contributed by atoms with Gasteiger partial charge in [-0.1, -0.05) is 0 Å². The lowest BCUT2D eigenvalue weighted by molar-refractivity contribution is 0.385. The number of aromatic nitrogens is 2. The third-order valence-electron chi connectivity index (χ3n) is 3.46. The van der Waals surface area contributed by atoms with Crippen LogP contribution in [0, 0.1) is 5.82 Å². The van der Waals surface area contributed by atoms with Crippen molar-refractivity contribution in [1.29, 1.82) is 0 Å². The molecule has 0 bridgehead atoms. The monoisotopic (exact) mass is 308 g/mol. The van der Waals surface area contributed by atoms with Crippen LogP contribution >= 0.6 is 0 Å². The van der Waals surface area contributed by atoms with Crippen LogP contribution in [0.15, 0.2) is 35.5 Å². The van der Waals surface area contributed by atoms with E-state index in [9.17, 15) is 12.8 Å². The Kier molecular flexibility index (Phi) is 3.34. The standard InChI is InChI=1S/C13H13FN4O2S/c14-9-1-3-10(4-2-9)21(19,20)18-6-5-11-12(7-18)16-8-17-13(11)15/h1-4,8H,5-7H2,(H2,15,16,17). The van der Waals surface area contributed by atoms with Gasteiger partial charge in [0.15, 0.2) is 0 Å². The van der Waals surface area contributed by atoms with Gasteiger partial charge in [0.1, 0.15) is 18.0 Å². The third-order valence-corrected chi connectivity index (χ3v) is 5.32. The van der Waals surface area contributed by atoms with Gasteiger partial charge in [0.2, 0.25) is 10.0 Å². The number of nitrogen functional groups attached to an aromatic ring is 1. The van der Waals surface area contributed by atoms with Crippen LogP contribution < -0.4 is 5.73 Å². The summed E-state index contributed by atoms with van der Waals surface area (Å²) in [5.74, 6) is -0.0858. The zero-order valence-electron chi connectivity index (χ0n) is 11.0. The van der Waals surface area contributed by atoms with Crippen molar-refractivity contribution in [3.05, 3.63) is 47.7 Å². The summed E-state index contributed by atoms with van der Waals surface area (Å²) in [6.07, 6.45) is 1.78. The molecule has 1 aromatic heterocycles. The molecule has 0 atom stereocenters. The Bertz CT molecular complexity index is 777. The predicted molar refractivity (Wildman–Crippen MR) is 74.1 cm³/mol. The summed E-state index contributed by atoms with van der Waals surface area (Å²) in [5, 5.41) is 0. The predicted octanol–water partition coefficient (Wildman–Crippen LogP) is 0.945. The van der Waals surface area contributed by atoms with E-state index in [1.165, 1.54) is 22.8 Å². The first-order valence-electron chi connectivity index (χ1n) is 6.32. The smallest absolute Gasteiger partial charge is 0.243 e. The maximum absolute atomic E-state index is 12.9. The number of sulfonamides is 1. The first-order valence-corrected chi connectivity index (χ1v) is 7.76. The normalized spacial score (nSPS) is 15.7. The molecule has 0 saturated heterocycles. The van der Waals surface area contributed by atoms with E-state index >= 15 is 0 Å². The van der Waals surface area contributed by atoms with E-state index in [1.807, 2.05) is 0 Å². The second-order valence-corrected chi connectivity index (χ2v) is 6.66. The van der Waals surface area contributed by atoms with E-state index in [0.717, 1.165) is 17.7 Å². The lowest BCUT2D eigenvalue weighted by Crippen LogP contribution is -2.36. The number of anilines is 1. The second-order valence-electron chi connectivity index (χ2n) is 4.73. The van der Waals surface area contributed by atoms with Gasteiger partial charge < -0.3 is 5.73 Å². The molecule has 2 aromatic rings. The van der Waals surface area contributed by atoms with Crippen molar-refractivity contribution in [2.45, 2.75) is 17.9 Å². The summed E-state index contributed by atoms with van der Waals surface area (Å²) < 4.78 is 39.3. The average molecular weight is 308 g/mol. The van der Waals surface area contributed by atoms with E-state index in [-0.39, 0.29) is 11.4 Å². The van der Waals surface area contributed by atoms with Gasteiger partial charge in [-0.25, -0.2) is 22.8 Å². The maximum atomic E-state index is 12.9. The fourth-order valence-corrected chi connectivity index (χ4v) is 3.72. The fraction of sp³-hybridized carbons (Fsp3) is 0.231. The Labute approximate surface area is 121 Å². The molecule has 0 radical (unpaired) electrons. The Hall–Kier alpha value is -2.06. The van der Waals surface area contributed by atoms with Crippen LogP contribution in [0.5, 0.6) is 0 Å². The summed E-state index contributed by atoms with van der Waals surface area (Å²) in [7, 11) is -3.67. The van der Waals surface area contributed by atoms with E-state index in [4.69, 9.17) is 5.73 Å². The van der Waals surface area contributed by atoms with Gasteiger partial charge in [0.05, 0.1) is 17.1 Å². The van der Waals surface area contributed by atoms with Gasteiger partial charge in [-0.3, -0.25) is 0 Å². The highest BCUT2D eigenvalue weighted by Crippen LogP contribution is 2.25. The highest BCUT2D eigenvalue weighted by atomic mass is 32.2. The summed E-state index contributed by atoms with van der Waals surface area (Å²) in [5.41, 5.74) is 7.17. The van der Waals surface area contributed by atoms with Crippen LogP contribution in [0.3, 0.4) is 0 Å². The zero-order chi connectivity index (χ0) is 15.0. The number of benzene rings is 1. The molecule has 8 heteroatoms. The minimum Gasteiger partial charge on any atom is -0.383 e. The molecule has 0 saturated carbocycles. The van der Waals surface area contributed by atoms with E-state index in [1.54, 1.807) is 0 Å². The number of halogens is 1. The Morgan fingerprint density at radius 2 is 1.90 bits per heavy atom. The molecule has 0 aliphatic carbocycles. The minimum atomic E-state index is -3.67. The molecule has 110 valence electrons. The number of nitrogens with two attached hydrogens (primary N) is 1. The highest BCUT2D eigenvalue weighted by molar-refractivity contribution is 7.89. The van der Waals surface area contributed by atoms with Gasteiger partial charge in [0, 0.05) is 12.1 Å². The Balaban J connectivity index is 1.93. The van der Waals surface area contributed by atoms with Crippen molar-refractivity contribution in [2.75, 3.05) is 12.3 Å². The number of hydrogen-bond donors (Lipinski definition) is 1. The van der Waals surface area contributed by atoms with Crippen molar-refractivity contribution < 1.29 is 12.8 Å². The molecule has 0 unspecified atom stereocenters. The van der Waals surface area contributed by atoms with Crippen molar-refractivity contribution in [2.24, 2.45) is 0 Å². The van der Waals surface area contributed by atoms with Gasteiger partial charge >= 0.3 is 0 Å². The van der Waals surface area contributed by atoms with E-state index in [2.05, 4.69) is 9.97 Å². The summed E-state index contributed by atoms with van der Waals surface area (Å²) in [6, 6.07) is 4.78. The molecule has 2 N–H and O–H groups in total. The van der Waals surface area contributed by atoms with Crippen LogP contribution in [0.4, 0.5) is 10.2 Å².